The molecule has 0 fully saturated rings. The second kappa shape index (κ2) is 10.2. The van der Waals surface area contributed by atoms with E-state index in [1.165, 1.54) is 11.8 Å². The molecule has 0 spiro atoms. The normalized spacial score (nSPS) is 12.3. The zero-order valence-electron chi connectivity index (χ0n) is 16.6. The maximum absolute atomic E-state index is 12.5. The van der Waals surface area contributed by atoms with Crippen LogP contribution in [0.5, 0.6) is 0 Å². The van der Waals surface area contributed by atoms with Crippen molar-refractivity contribution in [1.82, 2.24) is 25.0 Å². The predicted octanol–water partition coefficient (Wildman–Crippen LogP) is 4.19. The van der Waals surface area contributed by atoms with Crippen molar-refractivity contribution in [2.24, 2.45) is 0 Å². The molecule has 0 radical (unpaired) electrons. The molecule has 1 atom stereocenters. The average molecular weight is 450 g/mol. The van der Waals surface area contributed by atoms with Gasteiger partial charge in [-0.25, -0.2) is 0 Å². The minimum Gasteiger partial charge on any atom is -0.353 e. The first-order valence-electron chi connectivity index (χ1n) is 9.28. The molecule has 0 aliphatic rings. The van der Waals surface area contributed by atoms with E-state index in [4.69, 9.17) is 11.6 Å². The topological polar surface area (TPSA) is 63.1 Å². The Morgan fingerprint density at radius 1 is 1.28 bits per heavy atom. The molecule has 1 unspecified atom stereocenters. The molecule has 1 N–H and O–H groups in total. The van der Waals surface area contributed by atoms with E-state index in [1.807, 2.05) is 60.4 Å². The smallest absolute Gasteiger partial charge is 0.230 e. The van der Waals surface area contributed by atoms with Crippen molar-refractivity contribution in [3.63, 3.8) is 0 Å². The molecule has 0 bridgehead atoms. The van der Waals surface area contributed by atoms with Crippen LogP contribution in [0.2, 0.25) is 5.02 Å². The van der Waals surface area contributed by atoms with Gasteiger partial charge in [-0.2, -0.15) is 0 Å². The lowest BCUT2D eigenvalue weighted by atomic mass is 10.1. The number of hydrogen-bond acceptors (Lipinski definition) is 6. The number of amides is 1. The number of thioether (sulfide) groups is 1. The number of carbonyl (C=O) groups excluding carboxylic acids is 1. The molecule has 0 saturated carbocycles. The number of nitrogens with zero attached hydrogens (tertiary/aromatic N) is 4. The first-order valence-corrected chi connectivity index (χ1v) is 11.5. The second-order valence-corrected chi connectivity index (χ2v) is 8.92. The Hall–Kier alpha value is -1.87. The summed E-state index contributed by atoms with van der Waals surface area (Å²) < 4.78 is 2.04. The molecule has 3 rings (SSSR count). The van der Waals surface area contributed by atoms with Gasteiger partial charge in [0, 0.05) is 18.1 Å². The number of thiophene rings is 1. The van der Waals surface area contributed by atoms with Crippen LogP contribution in [-0.2, 0) is 11.3 Å². The lowest BCUT2D eigenvalue weighted by Crippen LogP contribution is -2.35. The van der Waals surface area contributed by atoms with Crippen LogP contribution in [0.25, 0.3) is 10.7 Å². The molecule has 3 aromatic rings. The molecular formula is C20H24ClN5OS2. The molecule has 9 heteroatoms. The third-order valence-corrected chi connectivity index (χ3v) is 6.66. The number of aromatic nitrogens is 3. The minimum atomic E-state index is -0.0442. The first-order chi connectivity index (χ1) is 14.0. The van der Waals surface area contributed by atoms with Gasteiger partial charge in [-0.3, -0.25) is 4.79 Å². The van der Waals surface area contributed by atoms with Gasteiger partial charge in [0.1, 0.15) is 0 Å². The number of halogens is 1. The van der Waals surface area contributed by atoms with Crippen LogP contribution in [0, 0.1) is 0 Å². The average Bonchev–Trinajstić information content (AvgIpc) is 3.36. The predicted molar refractivity (Wildman–Crippen MR) is 121 cm³/mol. The lowest BCUT2D eigenvalue weighted by Gasteiger charge is -2.26. The van der Waals surface area contributed by atoms with Gasteiger partial charge in [-0.1, -0.05) is 47.6 Å². The number of nitrogens with one attached hydrogen (secondary N) is 1. The lowest BCUT2D eigenvalue weighted by molar-refractivity contribution is -0.118. The minimum absolute atomic E-state index is 0.00220. The molecule has 6 nitrogen and oxygen atoms in total. The Morgan fingerprint density at radius 2 is 2.07 bits per heavy atom. The summed E-state index contributed by atoms with van der Waals surface area (Å²) in [5.41, 5.74) is 0.999. The Labute approximate surface area is 184 Å². The molecule has 0 saturated heterocycles. The van der Waals surface area contributed by atoms with Crippen LogP contribution in [0.15, 0.2) is 46.9 Å². The summed E-state index contributed by atoms with van der Waals surface area (Å²) in [5.74, 6) is 1.08. The number of rotatable bonds is 9. The summed E-state index contributed by atoms with van der Waals surface area (Å²) in [7, 11) is 3.95. The largest absolute Gasteiger partial charge is 0.353 e. The number of hydrogen-bond donors (Lipinski definition) is 1. The molecule has 2 aromatic heterocycles. The van der Waals surface area contributed by atoms with Gasteiger partial charge < -0.3 is 14.8 Å². The van der Waals surface area contributed by atoms with Crippen molar-refractivity contribution < 1.29 is 4.79 Å². The summed E-state index contributed by atoms with van der Waals surface area (Å²) in [6.45, 7) is 3.28. The van der Waals surface area contributed by atoms with E-state index < -0.39 is 0 Å². The van der Waals surface area contributed by atoms with Gasteiger partial charge in [0.15, 0.2) is 11.0 Å². The third-order valence-electron chi connectivity index (χ3n) is 4.49. The van der Waals surface area contributed by atoms with Gasteiger partial charge >= 0.3 is 0 Å². The fourth-order valence-corrected chi connectivity index (χ4v) is 4.79. The Balaban J connectivity index is 1.59. The van der Waals surface area contributed by atoms with Crippen molar-refractivity contribution in [2.45, 2.75) is 24.7 Å². The summed E-state index contributed by atoms with van der Waals surface area (Å²) in [5, 5.41) is 15.1. The third kappa shape index (κ3) is 5.39. The summed E-state index contributed by atoms with van der Waals surface area (Å²) >= 11 is 9.37. The van der Waals surface area contributed by atoms with Crippen LogP contribution < -0.4 is 5.32 Å². The molecule has 0 aliphatic heterocycles. The van der Waals surface area contributed by atoms with Gasteiger partial charge in [-0.05, 0) is 44.1 Å². The van der Waals surface area contributed by atoms with Crippen molar-refractivity contribution in [2.75, 3.05) is 26.4 Å². The van der Waals surface area contributed by atoms with Gasteiger partial charge in [0.05, 0.1) is 16.7 Å². The molecule has 2 heterocycles. The zero-order chi connectivity index (χ0) is 20.8. The number of likely N-dealkylation sites (N-methyl/N-ethyl adjacent to an activating group) is 1. The van der Waals surface area contributed by atoms with Crippen LogP contribution in [0.4, 0.5) is 0 Å². The van der Waals surface area contributed by atoms with E-state index in [-0.39, 0.29) is 17.7 Å². The van der Waals surface area contributed by atoms with E-state index in [1.54, 1.807) is 11.3 Å². The number of carbonyl (C=O) groups is 1. The Bertz CT molecular complexity index is 942. The molecule has 0 aliphatic carbocycles. The van der Waals surface area contributed by atoms with Crippen molar-refractivity contribution >= 4 is 40.6 Å². The highest BCUT2D eigenvalue weighted by Gasteiger charge is 2.19. The monoisotopic (exact) mass is 449 g/mol. The fraction of sp³-hybridized carbons (Fsp3) is 0.350. The van der Waals surface area contributed by atoms with Crippen LogP contribution in [0.1, 0.15) is 18.5 Å². The van der Waals surface area contributed by atoms with Crippen molar-refractivity contribution in [3.05, 3.63) is 52.4 Å². The molecular weight excluding hydrogens is 426 g/mol. The van der Waals surface area contributed by atoms with Gasteiger partial charge in [-0.15, -0.1) is 21.5 Å². The highest BCUT2D eigenvalue weighted by molar-refractivity contribution is 7.99. The molecule has 1 aromatic carbocycles. The van der Waals surface area contributed by atoms with Crippen LogP contribution in [-0.4, -0.2) is 52.0 Å². The second-order valence-electron chi connectivity index (χ2n) is 6.62. The summed E-state index contributed by atoms with van der Waals surface area (Å²) in [4.78, 5) is 15.6. The van der Waals surface area contributed by atoms with Crippen LogP contribution in [0.3, 0.4) is 0 Å². The van der Waals surface area contributed by atoms with E-state index in [0.717, 1.165) is 28.0 Å². The van der Waals surface area contributed by atoms with E-state index in [0.29, 0.717) is 11.6 Å². The van der Waals surface area contributed by atoms with Crippen molar-refractivity contribution in [3.8, 4) is 10.7 Å². The summed E-state index contributed by atoms with van der Waals surface area (Å²) in [6, 6.07) is 11.7. The van der Waals surface area contributed by atoms with E-state index in [9.17, 15) is 4.79 Å². The highest BCUT2D eigenvalue weighted by Crippen LogP contribution is 2.27. The molecule has 29 heavy (non-hydrogen) atoms. The van der Waals surface area contributed by atoms with Crippen LogP contribution >= 0.6 is 34.7 Å². The van der Waals surface area contributed by atoms with E-state index in [2.05, 4.69) is 27.3 Å². The van der Waals surface area contributed by atoms with Crippen molar-refractivity contribution in [1.29, 1.82) is 0 Å². The highest BCUT2D eigenvalue weighted by atomic mass is 35.5. The first kappa shape index (κ1) is 21.8. The maximum Gasteiger partial charge on any atom is 0.230 e. The maximum atomic E-state index is 12.5. The molecule has 1 amide bonds. The van der Waals surface area contributed by atoms with E-state index >= 15 is 0 Å². The van der Waals surface area contributed by atoms with Gasteiger partial charge in [0.2, 0.25) is 5.91 Å². The SMILES string of the molecule is CCn1c(SCC(=O)NCC(c2ccccc2Cl)N(C)C)nnc1-c1cccs1. The standard InChI is InChI=1S/C20H24ClN5OS2/c1-4-26-19(17-10-7-11-28-17)23-24-20(26)29-13-18(27)22-12-16(25(2)3)14-8-5-6-9-15(14)21/h5-11,16H,4,12-13H2,1-3H3,(H,22,27). The number of benzene rings is 1. The summed E-state index contributed by atoms with van der Waals surface area (Å²) in [6.07, 6.45) is 0. The zero-order valence-corrected chi connectivity index (χ0v) is 19.0. The Morgan fingerprint density at radius 3 is 2.72 bits per heavy atom. The fourth-order valence-electron chi connectivity index (χ4n) is 2.98. The Kier molecular flexibility index (Phi) is 7.71. The quantitative estimate of drug-likeness (QED) is 0.496. The molecule has 154 valence electrons. The van der Waals surface area contributed by atoms with Gasteiger partial charge in [0.25, 0.3) is 0 Å².